The quantitative estimate of drug-likeness (QED) is 0.518. The molecular weight excluding hydrogens is 415 g/mol. The van der Waals surface area contributed by atoms with Gasteiger partial charge in [-0.25, -0.2) is 15.0 Å². The van der Waals surface area contributed by atoms with Gasteiger partial charge in [-0.2, -0.15) is 18.3 Å². The molecule has 0 saturated heterocycles. The first-order chi connectivity index (χ1) is 13.7. The zero-order valence-corrected chi connectivity index (χ0v) is 15.7. The van der Waals surface area contributed by atoms with Crippen LogP contribution >= 0.6 is 11.6 Å². The molecule has 0 spiro atoms. The Kier molecular flexibility index (Phi) is 4.46. The molecule has 9 nitrogen and oxygen atoms in total. The van der Waals surface area contributed by atoms with Crippen molar-refractivity contribution in [1.82, 2.24) is 34.3 Å². The Labute approximate surface area is 165 Å². The van der Waals surface area contributed by atoms with Gasteiger partial charge in [-0.3, -0.25) is 5.10 Å². The number of aliphatic hydroxyl groups excluding tert-OH is 1. The van der Waals surface area contributed by atoms with Crippen LogP contribution in [0.5, 0.6) is 5.88 Å². The number of methoxy groups -OCH3 is 1. The first-order valence-corrected chi connectivity index (χ1v) is 8.48. The molecule has 0 aromatic carbocycles. The van der Waals surface area contributed by atoms with Crippen LogP contribution in [0.1, 0.15) is 11.9 Å². The molecule has 0 saturated carbocycles. The number of aliphatic hydroxyl groups is 1. The van der Waals surface area contributed by atoms with E-state index in [1.54, 1.807) is 28.4 Å². The van der Waals surface area contributed by atoms with Crippen LogP contribution in [0.2, 0.25) is 5.02 Å². The molecule has 2 N–H and O–H groups in total. The van der Waals surface area contributed by atoms with E-state index < -0.39 is 18.1 Å². The summed E-state index contributed by atoms with van der Waals surface area (Å²) in [6, 6.07) is 1.62. The molecular formula is C16H13ClF3N7O2. The number of aryl methyl sites for hydroxylation is 1. The number of nitrogens with zero attached hydrogens (tertiary/aromatic N) is 6. The van der Waals surface area contributed by atoms with Crippen molar-refractivity contribution in [2.45, 2.75) is 12.3 Å². The topological polar surface area (TPSA) is 107 Å². The van der Waals surface area contributed by atoms with Gasteiger partial charge in [0.2, 0.25) is 12.0 Å². The van der Waals surface area contributed by atoms with E-state index >= 15 is 0 Å². The van der Waals surface area contributed by atoms with Crippen LogP contribution in [0.4, 0.5) is 13.2 Å². The number of fused-ring (bicyclic) bond motifs is 1. The number of halogens is 4. The van der Waals surface area contributed by atoms with Crippen molar-refractivity contribution in [3.63, 3.8) is 0 Å². The fourth-order valence-corrected chi connectivity index (χ4v) is 3.21. The number of alkyl halides is 3. The fraction of sp³-hybridized carbons (Fsp3) is 0.250. The molecule has 0 bridgehead atoms. The van der Waals surface area contributed by atoms with Gasteiger partial charge < -0.3 is 19.0 Å². The number of imidazole rings is 1. The maximum absolute atomic E-state index is 12.8. The van der Waals surface area contributed by atoms with Gasteiger partial charge in [-0.15, -0.1) is 0 Å². The monoisotopic (exact) mass is 427 g/mol. The number of hydrogen-bond acceptors (Lipinski definition) is 6. The van der Waals surface area contributed by atoms with Gasteiger partial charge in [-0.1, -0.05) is 11.6 Å². The van der Waals surface area contributed by atoms with Crippen molar-refractivity contribution in [3.8, 4) is 23.1 Å². The minimum atomic E-state index is -4.89. The van der Waals surface area contributed by atoms with E-state index in [0.717, 1.165) is 0 Å². The van der Waals surface area contributed by atoms with Crippen molar-refractivity contribution in [2.24, 2.45) is 7.05 Å². The summed E-state index contributed by atoms with van der Waals surface area (Å²) < 4.78 is 46.9. The van der Waals surface area contributed by atoms with E-state index in [1.807, 2.05) is 0 Å². The van der Waals surface area contributed by atoms with Crippen molar-refractivity contribution in [1.29, 1.82) is 0 Å². The summed E-state index contributed by atoms with van der Waals surface area (Å²) in [7, 11) is 3.09. The molecule has 13 heteroatoms. The third-order valence-electron chi connectivity index (χ3n) is 4.31. The average molecular weight is 428 g/mol. The minimum absolute atomic E-state index is 0.00240. The van der Waals surface area contributed by atoms with Crippen LogP contribution in [0.3, 0.4) is 0 Å². The third-order valence-corrected chi connectivity index (χ3v) is 4.58. The van der Waals surface area contributed by atoms with Crippen LogP contribution in [0.25, 0.3) is 28.2 Å². The SMILES string of the molecule is COc1nc2c(-n3ccnc3)c(-c3nc([C@@H](O)C(F)(F)F)n[nH]3)n(C)c2cc1Cl. The Morgan fingerprint density at radius 1 is 1.31 bits per heavy atom. The maximum Gasteiger partial charge on any atom is 0.421 e. The number of hydrogen-bond donors (Lipinski definition) is 2. The number of aromatic nitrogens is 7. The summed E-state index contributed by atoms with van der Waals surface area (Å²) in [4.78, 5) is 12.3. The molecule has 29 heavy (non-hydrogen) atoms. The van der Waals surface area contributed by atoms with Gasteiger partial charge >= 0.3 is 6.18 Å². The highest BCUT2D eigenvalue weighted by Gasteiger charge is 2.42. The molecule has 0 fully saturated rings. The molecule has 4 aromatic heterocycles. The predicted molar refractivity (Wildman–Crippen MR) is 95.8 cm³/mol. The van der Waals surface area contributed by atoms with Crippen LogP contribution in [-0.2, 0) is 7.05 Å². The molecule has 4 heterocycles. The standard InChI is InChI=1S/C16H13ClF3N7O2/c1-26-8-5-7(17)15(29-2)22-9(8)10(27-4-3-21-6-27)11(26)13-23-14(25-24-13)12(28)16(18,19)20/h3-6,12,28H,1-2H3,(H,23,24,25)/t12-/m1/s1. The van der Waals surface area contributed by atoms with E-state index in [0.29, 0.717) is 22.4 Å². The lowest BCUT2D eigenvalue weighted by Crippen LogP contribution is -2.21. The molecule has 0 aliphatic heterocycles. The molecule has 0 aliphatic carbocycles. The highest BCUT2D eigenvalue weighted by atomic mass is 35.5. The lowest BCUT2D eigenvalue weighted by molar-refractivity contribution is -0.209. The second kappa shape index (κ2) is 6.74. The first kappa shape index (κ1) is 19.2. The fourth-order valence-electron chi connectivity index (χ4n) is 2.98. The Morgan fingerprint density at radius 3 is 2.69 bits per heavy atom. The van der Waals surface area contributed by atoms with Gasteiger partial charge in [-0.05, 0) is 6.07 Å². The normalized spacial score (nSPS) is 13.2. The Hall–Kier alpha value is -3.12. The van der Waals surface area contributed by atoms with E-state index in [9.17, 15) is 18.3 Å². The third kappa shape index (κ3) is 3.09. The van der Waals surface area contributed by atoms with E-state index in [2.05, 4.69) is 25.1 Å². The van der Waals surface area contributed by atoms with E-state index in [-0.39, 0.29) is 16.7 Å². The van der Waals surface area contributed by atoms with E-state index in [1.165, 1.54) is 19.6 Å². The molecule has 0 radical (unpaired) electrons. The Balaban J connectivity index is 1.99. The highest BCUT2D eigenvalue weighted by molar-refractivity contribution is 6.32. The number of H-pyrrole nitrogens is 1. The lowest BCUT2D eigenvalue weighted by Gasteiger charge is -2.10. The zero-order chi connectivity index (χ0) is 20.9. The van der Waals surface area contributed by atoms with Gasteiger partial charge in [0.05, 0.1) is 19.0 Å². The average Bonchev–Trinajstić information content (AvgIpc) is 3.39. The number of nitrogens with one attached hydrogen (secondary N) is 1. The van der Waals surface area contributed by atoms with Crippen LogP contribution in [0, 0.1) is 0 Å². The summed E-state index contributed by atoms with van der Waals surface area (Å²) in [5.41, 5.74) is 1.86. The summed E-state index contributed by atoms with van der Waals surface area (Å²) in [6.45, 7) is 0. The number of ether oxygens (including phenoxy) is 1. The molecule has 4 aromatic rings. The number of pyridine rings is 1. The van der Waals surface area contributed by atoms with Crippen LogP contribution in [0.15, 0.2) is 24.8 Å². The van der Waals surface area contributed by atoms with Gasteiger partial charge in [0.1, 0.15) is 21.9 Å². The van der Waals surface area contributed by atoms with Gasteiger partial charge in [0, 0.05) is 19.4 Å². The molecule has 0 amide bonds. The second-order valence-electron chi connectivity index (χ2n) is 6.06. The predicted octanol–water partition coefficient (Wildman–Crippen LogP) is 2.80. The van der Waals surface area contributed by atoms with Crippen molar-refractivity contribution >= 4 is 22.6 Å². The smallest absolute Gasteiger partial charge is 0.421 e. The summed E-state index contributed by atoms with van der Waals surface area (Å²) >= 11 is 6.19. The highest BCUT2D eigenvalue weighted by Crippen LogP contribution is 2.38. The zero-order valence-electron chi connectivity index (χ0n) is 14.9. The summed E-state index contributed by atoms with van der Waals surface area (Å²) in [5, 5.41) is 15.7. The number of aromatic amines is 1. The van der Waals surface area contributed by atoms with Crippen molar-refractivity contribution in [3.05, 3.63) is 35.6 Å². The first-order valence-electron chi connectivity index (χ1n) is 8.11. The largest absolute Gasteiger partial charge is 0.480 e. The van der Waals surface area contributed by atoms with Crippen molar-refractivity contribution in [2.75, 3.05) is 7.11 Å². The summed E-state index contributed by atoms with van der Waals surface area (Å²) in [6.07, 6.45) is -3.03. The maximum atomic E-state index is 12.8. The lowest BCUT2D eigenvalue weighted by atomic mass is 10.3. The van der Waals surface area contributed by atoms with Crippen LogP contribution < -0.4 is 4.74 Å². The van der Waals surface area contributed by atoms with Crippen LogP contribution in [-0.4, -0.2) is 52.7 Å². The number of rotatable bonds is 4. The molecule has 1 atom stereocenters. The molecule has 0 aliphatic rings. The van der Waals surface area contributed by atoms with Gasteiger partial charge in [0.25, 0.3) is 0 Å². The second-order valence-corrected chi connectivity index (χ2v) is 6.47. The Morgan fingerprint density at radius 2 is 2.07 bits per heavy atom. The Bertz CT molecular complexity index is 1180. The van der Waals surface area contributed by atoms with Crippen molar-refractivity contribution < 1.29 is 23.0 Å². The van der Waals surface area contributed by atoms with Gasteiger partial charge in [0.15, 0.2) is 11.6 Å². The molecule has 4 rings (SSSR count). The summed E-state index contributed by atoms with van der Waals surface area (Å²) in [5.74, 6) is -0.607. The van der Waals surface area contributed by atoms with E-state index in [4.69, 9.17) is 16.3 Å². The minimum Gasteiger partial charge on any atom is -0.480 e. The molecule has 0 unspecified atom stereocenters. The molecule has 152 valence electrons.